The van der Waals surface area contributed by atoms with Crippen LogP contribution >= 0.6 is 0 Å². The Morgan fingerprint density at radius 2 is 1.88 bits per heavy atom. The lowest BCUT2D eigenvalue weighted by molar-refractivity contribution is 0.0950. The predicted molar refractivity (Wildman–Crippen MR) is 94.9 cm³/mol. The molecule has 3 rings (SSSR count). The highest BCUT2D eigenvalue weighted by Gasteiger charge is 2.12. The smallest absolute Gasteiger partial charge is 0.251 e. The van der Waals surface area contributed by atoms with Gasteiger partial charge in [0, 0.05) is 23.9 Å². The first-order valence-corrected chi connectivity index (χ1v) is 7.96. The number of methoxy groups -OCH3 is 1. The third kappa shape index (κ3) is 4.16. The van der Waals surface area contributed by atoms with Gasteiger partial charge in [-0.05, 0) is 36.4 Å². The number of carbonyl (C=O) groups is 1. The van der Waals surface area contributed by atoms with Crippen molar-refractivity contribution in [3.05, 3.63) is 83.8 Å². The third-order valence-corrected chi connectivity index (χ3v) is 3.65. The zero-order valence-corrected chi connectivity index (χ0v) is 14.1. The molecule has 1 N–H and O–H groups in total. The Hall–Kier alpha value is -3.41. The SMILES string of the molecule is COc1ccccc1Oc1ncccc1CNC(=O)c1cccc(F)c1. The minimum atomic E-state index is -0.459. The fourth-order valence-electron chi connectivity index (χ4n) is 2.37. The van der Waals surface area contributed by atoms with Gasteiger partial charge in [0.2, 0.25) is 5.88 Å². The fourth-order valence-corrected chi connectivity index (χ4v) is 2.37. The number of rotatable bonds is 6. The summed E-state index contributed by atoms with van der Waals surface area (Å²) in [6, 6.07) is 16.3. The van der Waals surface area contributed by atoms with E-state index in [4.69, 9.17) is 9.47 Å². The van der Waals surface area contributed by atoms with Crippen molar-refractivity contribution in [2.45, 2.75) is 6.54 Å². The zero-order valence-electron chi connectivity index (χ0n) is 14.1. The van der Waals surface area contributed by atoms with E-state index in [2.05, 4.69) is 10.3 Å². The second kappa shape index (κ2) is 8.11. The number of nitrogens with zero attached hydrogens (tertiary/aromatic N) is 1. The van der Waals surface area contributed by atoms with Gasteiger partial charge in [0.1, 0.15) is 5.82 Å². The molecule has 0 fully saturated rings. The number of amides is 1. The second-order valence-corrected chi connectivity index (χ2v) is 5.41. The molecule has 26 heavy (non-hydrogen) atoms. The molecule has 0 aliphatic carbocycles. The van der Waals surface area contributed by atoms with Gasteiger partial charge in [-0.25, -0.2) is 9.37 Å². The van der Waals surface area contributed by atoms with Crippen LogP contribution in [0, 0.1) is 5.82 Å². The summed E-state index contributed by atoms with van der Waals surface area (Å²) in [5.41, 5.74) is 0.934. The molecular formula is C20H17FN2O3. The van der Waals surface area contributed by atoms with Crippen molar-refractivity contribution < 1.29 is 18.7 Å². The average molecular weight is 352 g/mol. The molecule has 0 unspecified atom stereocenters. The lowest BCUT2D eigenvalue weighted by Gasteiger charge is -2.13. The number of para-hydroxylation sites is 2. The first-order chi connectivity index (χ1) is 12.7. The number of hydrogen-bond donors (Lipinski definition) is 1. The van der Waals surface area contributed by atoms with E-state index in [1.807, 2.05) is 12.1 Å². The Morgan fingerprint density at radius 1 is 1.08 bits per heavy atom. The number of aromatic nitrogens is 1. The summed E-state index contributed by atoms with van der Waals surface area (Å²) in [6.07, 6.45) is 1.60. The molecule has 2 aromatic carbocycles. The number of pyridine rings is 1. The summed E-state index contributed by atoms with van der Waals surface area (Å²) >= 11 is 0. The van der Waals surface area contributed by atoms with Gasteiger partial charge in [0.05, 0.1) is 7.11 Å². The predicted octanol–water partition coefficient (Wildman–Crippen LogP) is 3.95. The zero-order chi connectivity index (χ0) is 18.4. The maximum atomic E-state index is 13.2. The Labute approximate surface area is 150 Å². The molecule has 0 saturated carbocycles. The van der Waals surface area contributed by atoms with Gasteiger partial charge in [0.25, 0.3) is 5.91 Å². The lowest BCUT2D eigenvalue weighted by atomic mass is 10.2. The van der Waals surface area contributed by atoms with E-state index in [0.29, 0.717) is 22.9 Å². The summed E-state index contributed by atoms with van der Waals surface area (Å²) in [5.74, 6) is 0.617. The molecule has 3 aromatic rings. The number of carbonyl (C=O) groups excluding carboxylic acids is 1. The number of benzene rings is 2. The van der Waals surface area contributed by atoms with Crippen molar-refractivity contribution in [3.63, 3.8) is 0 Å². The van der Waals surface area contributed by atoms with E-state index in [1.165, 1.54) is 18.2 Å². The normalized spacial score (nSPS) is 10.2. The monoisotopic (exact) mass is 352 g/mol. The molecule has 0 spiro atoms. The third-order valence-electron chi connectivity index (χ3n) is 3.65. The number of halogens is 1. The summed E-state index contributed by atoms with van der Waals surface area (Å²) < 4.78 is 24.4. The minimum absolute atomic E-state index is 0.188. The first-order valence-electron chi connectivity index (χ1n) is 7.96. The largest absolute Gasteiger partial charge is 0.493 e. The summed E-state index contributed by atoms with van der Waals surface area (Å²) in [5, 5.41) is 2.74. The maximum Gasteiger partial charge on any atom is 0.251 e. The van der Waals surface area contributed by atoms with Crippen molar-refractivity contribution in [2.75, 3.05) is 7.11 Å². The van der Waals surface area contributed by atoms with Crippen LogP contribution < -0.4 is 14.8 Å². The molecule has 0 aliphatic rings. The van der Waals surface area contributed by atoms with Gasteiger partial charge >= 0.3 is 0 Å². The number of hydrogen-bond acceptors (Lipinski definition) is 4. The van der Waals surface area contributed by atoms with Crippen molar-refractivity contribution in [1.82, 2.24) is 10.3 Å². The van der Waals surface area contributed by atoms with Gasteiger partial charge < -0.3 is 14.8 Å². The molecule has 1 aromatic heterocycles. The van der Waals surface area contributed by atoms with Crippen molar-refractivity contribution in [2.24, 2.45) is 0 Å². The van der Waals surface area contributed by atoms with Gasteiger partial charge in [-0.3, -0.25) is 4.79 Å². The average Bonchev–Trinajstić information content (AvgIpc) is 2.67. The van der Waals surface area contributed by atoms with E-state index in [-0.39, 0.29) is 18.0 Å². The first kappa shape index (κ1) is 17.4. The molecule has 1 amide bonds. The molecule has 0 atom stereocenters. The van der Waals surface area contributed by atoms with Crippen LogP contribution in [0.1, 0.15) is 15.9 Å². The van der Waals surface area contributed by atoms with E-state index < -0.39 is 5.82 Å². The molecule has 0 bridgehead atoms. The van der Waals surface area contributed by atoms with Crippen LogP contribution in [0.25, 0.3) is 0 Å². The van der Waals surface area contributed by atoms with Crippen molar-refractivity contribution >= 4 is 5.91 Å². The van der Waals surface area contributed by atoms with E-state index in [1.54, 1.807) is 43.6 Å². The Morgan fingerprint density at radius 3 is 2.65 bits per heavy atom. The lowest BCUT2D eigenvalue weighted by Crippen LogP contribution is -2.23. The van der Waals surface area contributed by atoms with Gasteiger partial charge in [-0.1, -0.05) is 24.3 Å². The van der Waals surface area contributed by atoms with Crippen LogP contribution in [-0.4, -0.2) is 18.0 Å². The molecule has 5 nitrogen and oxygen atoms in total. The summed E-state index contributed by atoms with van der Waals surface area (Å²) in [7, 11) is 1.56. The van der Waals surface area contributed by atoms with Crippen LogP contribution in [-0.2, 0) is 6.54 Å². The number of nitrogens with one attached hydrogen (secondary N) is 1. The molecular weight excluding hydrogens is 335 g/mol. The summed E-state index contributed by atoms with van der Waals surface area (Å²) in [6.45, 7) is 0.188. The van der Waals surface area contributed by atoms with Crippen LogP contribution in [0.2, 0.25) is 0 Å². The molecule has 0 radical (unpaired) electrons. The highest BCUT2D eigenvalue weighted by Crippen LogP contribution is 2.31. The Bertz CT molecular complexity index is 915. The number of ether oxygens (including phenoxy) is 2. The minimum Gasteiger partial charge on any atom is -0.493 e. The second-order valence-electron chi connectivity index (χ2n) is 5.41. The van der Waals surface area contributed by atoms with Crippen LogP contribution in [0.4, 0.5) is 4.39 Å². The molecule has 1 heterocycles. The fraction of sp³-hybridized carbons (Fsp3) is 0.100. The Kier molecular flexibility index (Phi) is 5.43. The molecule has 0 saturated heterocycles. The Balaban J connectivity index is 1.74. The standard InChI is InChI=1S/C20H17FN2O3/c1-25-17-9-2-3-10-18(17)26-20-15(7-5-11-22-20)13-23-19(24)14-6-4-8-16(21)12-14/h2-12H,13H2,1H3,(H,23,24). The van der Waals surface area contributed by atoms with E-state index in [9.17, 15) is 9.18 Å². The highest BCUT2D eigenvalue weighted by molar-refractivity contribution is 5.94. The van der Waals surface area contributed by atoms with Gasteiger partial charge in [-0.2, -0.15) is 0 Å². The molecule has 6 heteroatoms. The van der Waals surface area contributed by atoms with Crippen molar-refractivity contribution in [3.8, 4) is 17.4 Å². The highest BCUT2D eigenvalue weighted by atomic mass is 19.1. The summed E-state index contributed by atoms with van der Waals surface area (Å²) in [4.78, 5) is 16.4. The van der Waals surface area contributed by atoms with Crippen LogP contribution in [0.15, 0.2) is 66.9 Å². The maximum absolute atomic E-state index is 13.2. The van der Waals surface area contributed by atoms with Crippen LogP contribution in [0.3, 0.4) is 0 Å². The van der Waals surface area contributed by atoms with Gasteiger partial charge in [-0.15, -0.1) is 0 Å². The van der Waals surface area contributed by atoms with E-state index in [0.717, 1.165) is 0 Å². The van der Waals surface area contributed by atoms with Gasteiger partial charge in [0.15, 0.2) is 11.5 Å². The topological polar surface area (TPSA) is 60.5 Å². The van der Waals surface area contributed by atoms with E-state index >= 15 is 0 Å². The molecule has 132 valence electrons. The van der Waals surface area contributed by atoms with Crippen LogP contribution in [0.5, 0.6) is 17.4 Å². The quantitative estimate of drug-likeness (QED) is 0.730. The van der Waals surface area contributed by atoms with Crippen molar-refractivity contribution in [1.29, 1.82) is 0 Å². The molecule has 0 aliphatic heterocycles.